The van der Waals surface area contributed by atoms with Gasteiger partial charge in [-0.1, -0.05) is 18.2 Å². The molecule has 17 heavy (non-hydrogen) atoms. The molecule has 0 heterocycles. The Hall–Kier alpha value is -2.36. The van der Waals surface area contributed by atoms with Crippen molar-refractivity contribution in [1.29, 1.82) is 0 Å². The summed E-state index contributed by atoms with van der Waals surface area (Å²) in [5, 5.41) is 9.44. The molecule has 0 fully saturated rings. The van der Waals surface area contributed by atoms with E-state index in [2.05, 4.69) is 0 Å². The van der Waals surface area contributed by atoms with E-state index in [9.17, 15) is 14.3 Å². The fourth-order valence-corrected chi connectivity index (χ4v) is 1.56. The first kappa shape index (κ1) is 11.1. The number of halogens is 1. The molecule has 2 aromatic carbocycles. The van der Waals surface area contributed by atoms with Crippen LogP contribution in [0.5, 0.6) is 5.75 Å². The van der Waals surface area contributed by atoms with Gasteiger partial charge >= 0.3 is 0 Å². The third-order valence-corrected chi connectivity index (χ3v) is 2.44. The lowest BCUT2D eigenvalue weighted by atomic mass is 10.0. The molecule has 0 aromatic heterocycles. The largest absolute Gasteiger partial charge is 0.507 e. The second-order valence-electron chi connectivity index (χ2n) is 3.60. The van der Waals surface area contributed by atoms with Crippen molar-refractivity contribution in [3.05, 3.63) is 53.8 Å². The van der Waals surface area contributed by atoms with Crippen LogP contribution in [0.25, 0.3) is 11.1 Å². The van der Waals surface area contributed by atoms with E-state index >= 15 is 0 Å². The van der Waals surface area contributed by atoms with Crippen LogP contribution in [0.1, 0.15) is 10.4 Å². The second kappa shape index (κ2) is 4.25. The van der Waals surface area contributed by atoms with Gasteiger partial charge in [-0.3, -0.25) is 4.79 Å². The Morgan fingerprint density at radius 2 is 1.65 bits per heavy atom. The molecule has 0 aliphatic carbocycles. The summed E-state index contributed by atoms with van der Waals surface area (Å²) in [6, 6.07) is 10.3. The van der Waals surface area contributed by atoms with Gasteiger partial charge in [0, 0.05) is 0 Å². The summed E-state index contributed by atoms with van der Waals surface area (Å²) in [7, 11) is 0. The van der Waals surface area contributed by atoms with E-state index in [1.807, 2.05) is 0 Å². The molecule has 1 amide bonds. The zero-order valence-electron chi connectivity index (χ0n) is 8.85. The van der Waals surface area contributed by atoms with Gasteiger partial charge in [-0.25, -0.2) is 4.39 Å². The summed E-state index contributed by atoms with van der Waals surface area (Å²) < 4.78 is 12.8. The van der Waals surface area contributed by atoms with Crippen molar-refractivity contribution in [3.63, 3.8) is 0 Å². The summed E-state index contributed by atoms with van der Waals surface area (Å²) >= 11 is 0. The Balaban J connectivity index is 2.50. The molecular formula is C13H10FNO2. The predicted octanol–water partition coefficient (Wildman–Crippen LogP) is 2.30. The van der Waals surface area contributed by atoms with Crippen LogP contribution in [-0.2, 0) is 0 Å². The number of phenols is 1. The Kier molecular flexibility index (Phi) is 2.78. The highest BCUT2D eigenvalue weighted by Gasteiger charge is 2.09. The Bertz CT molecular complexity index is 564. The van der Waals surface area contributed by atoms with Crippen molar-refractivity contribution in [2.75, 3.05) is 0 Å². The number of rotatable bonds is 2. The molecule has 2 aromatic rings. The van der Waals surface area contributed by atoms with Crippen LogP contribution in [-0.4, -0.2) is 11.0 Å². The number of nitrogens with two attached hydrogens (primary N) is 1. The average molecular weight is 231 g/mol. The number of hydrogen-bond acceptors (Lipinski definition) is 2. The second-order valence-corrected chi connectivity index (χ2v) is 3.60. The van der Waals surface area contributed by atoms with Gasteiger partial charge < -0.3 is 10.8 Å². The molecule has 2 rings (SSSR count). The molecule has 0 spiro atoms. The van der Waals surface area contributed by atoms with Crippen molar-refractivity contribution in [2.24, 2.45) is 5.73 Å². The first-order valence-corrected chi connectivity index (χ1v) is 4.96. The fraction of sp³-hybridized carbons (Fsp3) is 0. The molecule has 0 radical (unpaired) electrons. The summed E-state index contributed by atoms with van der Waals surface area (Å²) in [6.45, 7) is 0. The maximum Gasteiger partial charge on any atom is 0.252 e. The zero-order chi connectivity index (χ0) is 12.4. The van der Waals surface area contributed by atoms with Gasteiger partial charge in [0.1, 0.15) is 11.6 Å². The lowest BCUT2D eigenvalue weighted by Crippen LogP contribution is -2.11. The van der Waals surface area contributed by atoms with E-state index in [0.717, 1.165) is 5.56 Å². The highest BCUT2D eigenvalue weighted by Crippen LogP contribution is 2.25. The van der Waals surface area contributed by atoms with E-state index in [1.165, 1.54) is 24.3 Å². The van der Waals surface area contributed by atoms with Crippen LogP contribution < -0.4 is 5.73 Å². The van der Waals surface area contributed by atoms with Gasteiger partial charge in [0.15, 0.2) is 0 Å². The molecule has 0 aliphatic heterocycles. The quantitative estimate of drug-likeness (QED) is 0.832. The zero-order valence-corrected chi connectivity index (χ0v) is 8.85. The molecule has 0 unspecified atom stereocenters. The van der Waals surface area contributed by atoms with Crippen LogP contribution in [0.15, 0.2) is 42.5 Å². The van der Waals surface area contributed by atoms with Crippen LogP contribution in [0.2, 0.25) is 0 Å². The van der Waals surface area contributed by atoms with Gasteiger partial charge in [-0.05, 0) is 35.4 Å². The number of primary amides is 1. The monoisotopic (exact) mass is 231 g/mol. The Labute approximate surface area is 97.3 Å². The predicted molar refractivity (Wildman–Crippen MR) is 62.0 cm³/mol. The minimum Gasteiger partial charge on any atom is -0.507 e. The number of amides is 1. The number of carbonyl (C=O) groups is 1. The number of hydrogen-bond donors (Lipinski definition) is 2. The molecule has 3 nitrogen and oxygen atoms in total. The standard InChI is InChI=1S/C13H10FNO2/c14-10-4-1-8(2-5-10)9-3-6-12(16)11(7-9)13(15)17/h1-7,16H,(H2,15,17). The maximum absolute atomic E-state index is 12.8. The fourth-order valence-electron chi connectivity index (χ4n) is 1.56. The van der Waals surface area contributed by atoms with E-state index < -0.39 is 5.91 Å². The van der Waals surface area contributed by atoms with Crippen molar-refractivity contribution < 1.29 is 14.3 Å². The number of carbonyl (C=O) groups excluding carboxylic acids is 1. The summed E-state index contributed by atoms with van der Waals surface area (Å²) in [6.07, 6.45) is 0. The van der Waals surface area contributed by atoms with Crippen molar-refractivity contribution in [3.8, 4) is 16.9 Å². The third kappa shape index (κ3) is 2.25. The van der Waals surface area contributed by atoms with Crippen LogP contribution in [0.3, 0.4) is 0 Å². The van der Waals surface area contributed by atoms with E-state index in [4.69, 9.17) is 5.73 Å². The maximum atomic E-state index is 12.8. The molecule has 0 atom stereocenters. The lowest BCUT2D eigenvalue weighted by Gasteiger charge is -2.05. The molecule has 0 saturated carbocycles. The first-order chi connectivity index (χ1) is 8.08. The van der Waals surface area contributed by atoms with Gasteiger partial charge in [0.05, 0.1) is 5.56 Å². The van der Waals surface area contributed by atoms with Crippen molar-refractivity contribution >= 4 is 5.91 Å². The number of benzene rings is 2. The molecule has 0 bridgehead atoms. The highest BCUT2D eigenvalue weighted by molar-refractivity contribution is 5.96. The molecule has 4 heteroatoms. The SMILES string of the molecule is NC(=O)c1cc(-c2ccc(F)cc2)ccc1O. The Morgan fingerprint density at radius 1 is 1.06 bits per heavy atom. The van der Waals surface area contributed by atoms with Crippen LogP contribution in [0.4, 0.5) is 4.39 Å². The highest BCUT2D eigenvalue weighted by atomic mass is 19.1. The topological polar surface area (TPSA) is 63.3 Å². The van der Waals surface area contributed by atoms with E-state index in [1.54, 1.807) is 18.2 Å². The van der Waals surface area contributed by atoms with Crippen LogP contribution in [0, 0.1) is 5.82 Å². The normalized spacial score (nSPS) is 10.2. The number of aromatic hydroxyl groups is 1. The summed E-state index contributed by atoms with van der Waals surface area (Å²) in [5.41, 5.74) is 6.61. The minimum atomic E-state index is -0.702. The smallest absolute Gasteiger partial charge is 0.252 e. The summed E-state index contributed by atoms with van der Waals surface area (Å²) in [5.74, 6) is -1.20. The van der Waals surface area contributed by atoms with Gasteiger partial charge in [-0.2, -0.15) is 0 Å². The Morgan fingerprint density at radius 3 is 2.24 bits per heavy atom. The van der Waals surface area contributed by atoms with Crippen LogP contribution >= 0.6 is 0 Å². The minimum absolute atomic E-state index is 0.0480. The van der Waals surface area contributed by atoms with Gasteiger partial charge in [0.2, 0.25) is 0 Å². The first-order valence-electron chi connectivity index (χ1n) is 4.96. The van der Waals surface area contributed by atoms with Gasteiger partial charge in [0.25, 0.3) is 5.91 Å². The lowest BCUT2D eigenvalue weighted by molar-refractivity contribution is 0.0998. The summed E-state index contributed by atoms with van der Waals surface area (Å²) in [4.78, 5) is 11.1. The van der Waals surface area contributed by atoms with E-state index in [-0.39, 0.29) is 17.1 Å². The van der Waals surface area contributed by atoms with E-state index in [0.29, 0.717) is 5.56 Å². The third-order valence-electron chi connectivity index (χ3n) is 2.44. The average Bonchev–Trinajstić information content (AvgIpc) is 2.30. The molecular weight excluding hydrogens is 221 g/mol. The van der Waals surface area contributed by atoms with Crippen molar-refractivity contribution in [1.82, 2.24) is 0 Å². The molecule has 0 saturated heterocycles. The van der Waals surface area contributed by atoms with Gasteiger partial charge in [-0.15, -0.1) is 0 Å². The van der Waals surface area contributed by atoms with Crippen molar-refractivity contribution in [2.45, 2.75) is 0 Å². The molecule has 3 N–H and O–H groups in total. The molecule has 0 aliphatic rings. The molecule has 86 valence electrons.